The van der Waals surface area contributed by atoms with E-state index in [4.69, 9.17) is 0 Å². The van der Waals surface area contributed by atoms with Crippen molar-refractivity contribution in [2.24, 2.45) is 0 Å². The highest BCUT2D eigenvalue weighted by molar-refractivity contribution is 6.04. The lowest BCUT2D eigenvalue weighted by molar-refractivity contribution is 0.0956. The van der Waals surface area contributed by atoms with Crippen LogP contribution in [0.3, 0.4) is 0 Å². The molecule has 0 saturated heterocycles. The Morgan fingerprint density at radius 3 is 2.48 bits per heavy atom. The lowest BCUT2D eigenvalue weighted by Crippen LogP contribution is -2.21. The third-order valence-corrected chi connectivity index (χ3v) is 4.12. The Kier molecular flexibility index (Phi) is 5.16. The number of carbonyl (C=O) groups is 2. The molecule has 8 nitrogen and oxygen atoms in total. The molecule has 3 aromatic rings. The summed E-state index contributed by atoms with van der Waals surface area (Å²) >= 11 is 0. The number of carbonyl (C=O) groups excluding carboxylic acids is 2. The van der Waals surface area contributed by atoms with Crippen molar-refractivity contribution in [3.63, 3.8) is 0 Å². The molecule has 2 aromatic heterocycles. The van der Waals surface area contributed by atoms with E-state index in [0.29, 0.717) is 5.69 Å². The topological polar surface area (TPSA) is 109 Å². The van der Waals surface area contributed by atoms with Gasteiger partial charge in [-0.15, -0.1) is 0 Å². The van der Waals surface area contributed by atoms with E-state index in [0.717, 1.165) is 5.56 Å². The Labute approximate surface area is 155 Å². The lowest BCUT2D eigenvalue weighted by atomic mass is 10.1. The number of aromatic amines is 1. The second-order valence-corrected chi connectivity index (χ2v) is 5.92. The first-order chi connectivity index (χ1) is 13.0. The number of pyridine rings is 1. The van der Waals surface area contributed by atoms with E-state index in [9.17, 15) is 14.4 Å². The number of benzene rings is 1. The van der Waals surface area contributed by atoms with Gasteiger partial charge in [0.15, 0.2) is 5.69 Å². The van der Waals surface area contributed by atoms with E-state index in [1.807, 2.05) is 37.3 Å². The molecule has 0 radical (unpaired) electrons. The molecule has 0 aliphatic carbocycles. The summed E-state index contributed by atoms with van der Waals surface area (Å²) in [5.41, 5.74) is 1.49. The predicted molar refractivity (Wildman–Crippen MR) is 101 cm³/mol. The van der Waals surface area contributed by atoms with Crippen molar-refractivity contribution in [1.82, 2.24) is 20.1 Å². The molecule has 0 aliphatic rings. The molecule has 1 atom stereocenters. The number of aromatic nitrogens is 3. The van der Waals surface area contributed by atoms with Gasteiger partial charge in [-0.05, 0) is 18.6 Å². The van der Waals surface area contributed by atoms with E-state index >= 15 is 0 Å². The van der Waals surface area contributed by atoms with E-state index in [1.54, 1.807) is 0 Å². The normalized spacial score (nSPS) is 11.6. The van der Waals surface area contributed by atoms with Gasteiger partial charge >= 0.3 is 0 Å². The van der Waals surface area contributed by atoms with Crippen LogP contribution in [0, 0.1) is 0 Å². The summed E-state index contributed by atoms with van der Waals surface area (Å²) < 4.78 is 1.51. The lowest BCUT2D eigenvalue weighted by Gasteiger charge is -2.16. The maximum atomic E-state index is 12.8. The molecule has 2 amide bonds. The second kappa shape index (κ2) is 7.69. The van der Waals surface area contributed by atoms with E-state index in [2.05, 4.69) is 20.7 Å². The fraction of sp³-hybridized carbons (Fsp3) is 0.158. The zero-order chi connectivity index (χ0) is 19.4. The van der Waals surface area contributed by atoms with Gasteiger partial charge in [0.1, 0.15) is 5.69 Å². The summed E-state index contributed by atoms with van der Waals surface area (Å²) in [7, 11) is 1.50. The standard InChI is InChI=1S/C19H19N5O3/c1-12(13-6-4-3-5-7-13)24-16(10-15(23-24)18(26)20-2)19(27)22-14-8-9-17(25)21-11-14/h3-12H,1-2H3,(H,20,26)(H,21,25)(H,22,27). The number of rotatable bonds is 5. The molecular weight excluding hydrogens is 346 g/mol. The Balaban J connectivity index is 1.98. The number of nitrogens with one attached hydrogen (secondary N) is 3. The summed E-state index contributed by atoms with van der Waals surface area (Å²) in [4.78, 5) is 38.4. The summed E-state index contributed by atoms with van der Waals surface area (Å²) in [6, 6.07) is 13.5. The number of hydrogen-bond donors (Lipinski definition) is 3. The van der Waals surface area contributed by atoms with Crippen molar-refractivity contribution in [1.29, 1.82) is 0 Å². The Morgan fingerprint density at radius 1 is 1.11 bits per heavy atom. The molecule has 0 saturated carbocycles. The van der Waals surface area contributed by atoms with Crippen molar-refractivity contribution in [2.75, 3.05) is 12.4 Å². The molecule has 27 heavy (non-hydrogen) atoms. The first-order valence-corrected chi connectivity index (χ1v) is 8.36. The number of amides is 2. The van der Waals surface area contributed by atoms with Crippen molar-refractivity contribution >= 4 is 17.5 Å². The maximum absolute atomic E-state index is 12.8. The summed E-state index contributed by atoms with van der Waals surface area (Å²) in [5.74, 6) is -0.820. The molecule has 0 spiro atoms. The van der Waals surface area contributed by atoms with Gasteiger partial charge in [-0.1, -0.05) is 30.3 Å². The molecule has 8 heteroatoms. The largest absolute Gasteiger partial charge is 0.354 e. The predicted octanol–water partition coefficient (Wildman–Crippen LogP) is 1.79. The van der Waals surface area contributed by atoms with Gasteiger partial charge in [0, 0.05) is 25.4 Å². The number of nitrogens with zero attached hydrogens (tertiary/aromatic N) is 2. The average molecular weight is 365 g/mol. The number of H-pyrrole nitrogens is 1. The van der Waals surface area contributed by atoms with Gasteiger partial charge in [0.2, 0.25) is 5.56 Å². The SMILES string of the molecule is CNC(=O)c1cc(C(=O)Nc2ccc(=O)[nH]c2)n(C(C)c2ccccc2)n1. The van der Waals surface area contributed by atoms with E-state index < -0.39 is 5.91 Å². The molecular formula is C19H19N5O3. The molecule has 3 N–H and O–H groups in total. The zero-order valence-corrected chi connectivity index (χ0v) is 14.9. The average Bonchev–Trinajstić information content (AvgIpc) is 3.15. The second-order valence-electron chi connectivity index (χ2n) is 5.92. The van der Waals surface area contributed by atoms with Crippen LogP contribution in [0.5, 0.6) is 0 Å². The van der Waals surface area contributed by atoms with Gasteiger partial charge in [-0.25, -0.2) is 0 Å². The fourth-order valence-electron chi connectivity index (χ4n) is 2.65. The van der Waals surface area contributed by atoms with Crippen LogP contribution in [0.25, 0.3) is 0 Å². The smallest absolute Gasteiger partial charge is 0.274 e. The molecule has 0 fully saturated rings. The highest BCUT2D eigenvalue weighted by Gasteiger charge is 2.22. The molecule has 0 bridgehead atoms. The van der Waals surface area contributed by atoms with Gasteiger partial charge in [0.25, 0.3) is 11.8 Å². The highest BCUT2D eigenvalue weighted by Crippen LogP contribution is 2.21. The summed E-state index contributed by atoms with van der Waals surface area (Å²) in [6.45, 7) is 1.90. The number of anilines is 1. The van der Waals surface area contributed by atoms with Crippen molar-refractivity contribution < 1.29 is 9.59 Å². The summed E-state index contributed by atoms with van der Waals surface area (Å²) in [6.07, 6.45) is 1.40. The third kappa shape index (κ3) is 3.95. The van der Waals surface area contributed by atoms with Gasteiger partial charge in [-0.2, -0.15) is 5.10 Å². The Morgan fingerprint density at radius 2 is 1.85 bits per heavy atom. The number of hydrogen-bond acceptors (Lipinski definition) is 4. The summed E-state index contributed by atoms with van der Waals surface area (Å²) in [5, 5.41) is 9.53. The Bertz CT molecular complexity index is 1000. The van der Waals surface area contributed by atoms with Crippen LogP contribution in [-0.4, -0.2) is 33.6 Å². The maximum Gasteiger partial charge on any atom is 0.274 e. The highest BCUT2D eigenvalue weighted by atomic mass is 16.2. The third-order valence-electron chi connectivity index (χ3n) is 4.12. The molecule has 138 valence electrons. The van der Waals surface area contributed by atoms with Gasteiger partial charge < -0.3 is 15.6 Å². The first kappa shape index (κ1) is 18.1. The minimum Gasteiger partial charge on any atom is -0.354 e. The Hall–Kier alpha value is -3.68. The van der Waals surface area contributed by atoms with E-state index in [-0.39, 0.29) is 28.9 Å². The molecule has 2 heterocycles. The molecule has 0 aliphatic heterocycles. The molecule has 1 aromatic carbocycles. The zero-order valence-electron chi connectivity index (χ0n) is 14.9. The van der Waals surface area contributed by atoms with E-state index in [1.165, 1.54) is 36.1 Å². The van der Waals surface area contributed by atoms with Crippen LogP contribution >= 0.6 is 0 Å². The van der Waals surface area contributed by atoms with Crippen LogP contribution in [0.2, 0.25) is 0 Å². The van der Waals surface area contributed by atoms with Crippen LogP contribution in [0.1, 0.15) is 39.5 Å². The molecule has 3 rings (SSSR count). The first-order valence-electron chi connectivity index (χ1n) is 8.36. The van der Waals surface area contributed by atoms with Crippen molar-refractivity contribution in [3.8, 4) is 0 Å². The van der Waals surface area contributed by atoms with Crippen LogP contribution < -0.4 is 16.2 Å². The monoisotopic (exact) mass is 365 g/mol. The van der Waals surface area contributed by atoms with Crippen LogP contribution in [-0.2, 0) is 0 Å². The van der Waals surface area contributed by atoms with Gasteiger partial charge in [0.05, 0.1) is 11.7 Å². The minimum absolute atomic E-state index is 0.145. The molecule has 1 unspecified atom stereocenters. The van der Waals surface area contributed by atoms with Crippen LogP contribution in [0.4, 0.5) is 5.69 Å². The van der Waals surface area contributed by atoms with Crippen LogP contribution in [0.15, 0.2) is 59.5 Å². The van der Waals surface area contributed by atoms with Gasteiger partial charge in [-0.3, -0.25) is 19.1 Å². The fourth-order valence-corrected chi connectivity index (χ4v) is 2.65. The van der Waals surface area contributed by atoms with Crippen molar-refractivity contribution in [2.45, 2.75) is 13.0 Å². The van der Waals surface area contributed by atoms with Crippen molar-refractivity contribution in [3.05, 3.63) is 82.0 Å². The minimum atomic E-state index is -0.438. The quantitative estimate of drug-likeness (QED) is 0.640.